The molecule has 28 heavy (non-hydrogen) atoms. The molecule has 144 valence electrons. The minimum Gasteiger partial charge on any atom is -0.497 e. The predicted molar refractivity (Wildman–Crippen MR) is 102 cm³/mol. The normalized spacial score (nSPS) is 10.4. The van der Waals surface area contributed by atoms with Gasteiger partial charge in [0.25, 0.3) is 11.6 Å². The quantitative estimate of drug-likeness (QED) is 0.514. The van der Waals surface area contributed by atoms with E-state index in [4.69, 9.17) is 9.47 Å². The molecule has 0 spiro atoms. The van der Waals surface area contributed by atoms with Crippen LogP contribution in [0.4, 0.5) is 11.4 Å². The number of benzene rings is 2. The number of non-ortho nitro benzene ring substituents is 1. The fraction of sp³-hybridized carbons (Fsp3) is 0.158. The van der Waals surface area contributed by atoms with Gasteiger partial charge in [-0.15, -0.1) is 0 Å². The lowest BCUT2D eigenvalue weighted by Crippen LogP contribution is -2.13. The maximum absolute atomic E-state index is 12.4. The molecule has 0 aliphatic heterocycles. The van der Waals surface area contributed by atoms with Crippen LogP contribution in [0.1, 0.15) is 16.2 Å². The summed E-state index contributed by atoms with van der Waals surface area (Å²) in [7, 11) is 3.27. The third-order valence-corrected chi connectivity index (χ3v) is 4.00. The molecule has 9 nitrogen and oxygen atoms in total. The number of methoxy groups -OCH3 is 1. The van der Waals surface area contributed by atoms with Crippen LogP contribution in [-0.4, -0.2) is 27.7 Å². The molecule has 0 saturated heterocycles. The molecule has 0 atom stereocenters. The minimum absolute atomic E-state index is 0.210. The van der Waals surface area contributed by atoms with Gasteiger partial charge in [-0.1, -0.05) is 0 Å². The van der Waals surface area contributed by atoms with E-state index in [0.717, 1.165) is 5.69 Å². The molecule has 3 rings (SSSR count). The van der Waals surface area contributed by atoms with E-state index in [2.05, 4.69) is 10.4 Å². The number of nitro groups is 1. The van der Waals surface area contributed by atoms with Gasteiger partial charge in [-0.2, -0.15) is 5.10 Å². The summed E-state index contributed by atoms with van der Waals surface area (Å²) in [6.45, 7) is 1.82. The first kappa shape index (κ1) is 18.9. The summed E-state index contributed by atoms with van der Waals surface area (Å²) in [6.07, 6.45) is 0. The van der Waals surface area contributed by atoms with Crippen molar-refractivity contribution in [3.8, 4) is 17.2 Å². The Kier molecular flexibility index (Phi) is 5.25. The van der Waals surface area contributed by atoms with Gasteiger partial charge in [-0.05, 0) is 37.3 Å². The van der Waals surface area contributed by atoms with Gasteiger partial charge < -0.3 is 14.8 Å². The van der Waals surface area contributed by atoms with Gasteiger partial charge in [-0.25, -0.2) is 0 Å². The van der Waals surface area contributed by atoms with Crippen molar-refractivity contribution in [2.45, 2.75) is 6.92 Å². The smallest absolute Gasteiger partial charge is 0.276 e. The molecule has 1 aromatic heterocycles. The average molecular weight is 382 g/mol. The number of nitro benzene ring substituents is 1. The number of carbonyl (C=O) groups is 1. The zero-order valence-corrected chi connectivity index (χ0v) is 15.5. The fourth-order valence-corrected chi connectivity index (χ4v) is 2.47. The van der Waals surface area contributed by atoms with Crippen molar-refractivity contribution in [3.63, 3.8) is 0 Å². The lowest BCUT2D eigenvalue weighted by atomic mass is 10.2. The highest BCUT2D eigenvalue weighted by Crippen LogP contribution is 2.30. The molecule has 3 aromatic rings. The molecule has 2 aromatic carbocycles. The predicted octanol–water partition coefficient (Wildman–Crippen LogP) is 3.69. The van der Waals surface area contributed by atoms with Crippen LogP contribution in [0.25, 0.3) is 0 Å². The third-order valence-electron chi connectivity index (χ3n) is 4.00. The molecule has 0 saturated carbocycles. The highest BCUT2D eigenvalue weighted by atomic mass is 16.6. The summed E-state index contributed by atoms with van der Waals surface area (Å²) in [5.41, 5.74) is 1.04. The van der Waals surface area contributed by atoms with Crippen LogP contribution < -0.4 is 14.8 Å². The Hall–Kier alpha value is -3.88. The monoisotopic (exact) mass is 382 g/mol. The molecule has 9 heteroatoms. The van der Waals surface area contributed by atoms with Gasteiger partial charge in [0.05, 0.1) is 23.8 Å². The maximum Gasteiger partial charge on any atom is 0.276 e. The molecular weight excluding hydrogens is 364 g/mol. The van der Waals surface area contributed by atoms with Crippen LogP contribution in [0.2, 0.25) is 0 Å². The number of ether oxygens (including phenoxy) is 2. The molecule has 1 heterocycles. The highest BCUT2D eigenvalue weighted by Gasteiger charge is 2.16. The second-order valence-corrected chi connectivity index (χ2v) is 6.00. The largest absolute Gasteiger partial charge is 0.497 e. The molecule has 0 aliphatic carbocycles. The Labute approximate surface area is 160 Å². The molecular formula is C19H18N4O5. The third kappa shape index (κ3) is 4.26. The number of carbonyl (C=O) groups excluding carboxylic acids is 1. The summed E-state index contributed by atoms with van der Waals surface area (Å²) >= 11 is 0. The number of amides is 1. The second-order valence-electron chi connectivity index (χ2n) is 6.00. The minimum atomic E-state index is -0.554. The Morgan fingerprint density at radius 2 is 1.79 bits per heavy atom. The van der Waals surface area contributed by atoms with Crippen molar-refractivity contribution in [3.05, 3.63) is 70.0 Å². The summed E-state index contributed by atoms with van der Waals surface area (Å²) in [5, 5.41) is 18.0. The molecule has 0 bridgehead atoms. The van der Waals surface area contributed by atoms with Gasteiger partial charge >= 0.3 is 0 Å². The van der Waals surface area contributed by atoms with Crippen molar-refractivity contribution in [2.75, 3.05) is 12.4 Å². The Morgan fingerprint density at radius 3 is 2.36 bits per heavy atom. The molecule has 0 unspecified atom stereocenters. The number of nitrogens with one attached hydrogen (secondary N) is 1. The average Bonchev–Trinajstić information content (AvgIpc) is 3.01. The number of nitrogens with zero attached hydrogens (tertiary/aromatic N) is 3. The molecule has 1 amide bonds. The van der Waals surface area contributed by atoms with Gasteiger partial charge in [0.15, 0.2) is 5.69 Å². The zero-order chi connectivity index (χ0) is 20.3. The van der Waals surface area contributed by atoms with E-state index in [0.29, 0.717) is 11.5 Å². The number of hydrogen-bond donors (Lipinski definition) is 1. The lowest BCUT2D eigenvalue weighted by molar-refractivity contribution is -0.384. The van der Waals surface area contributed by atoms with Crippen LogP contribution in [0.3, 0.4) is 0 Å². The first-order valence-corrected chi connectivity index (χ1v) is 8.29. The van der Waals surface area contributed by atoms with E-state index in [1.807, 2.05) is 6.92 Å². The highest BCUT2D eigenvalue weighted by molar-refractivity contribution is 6.03. The van der Waals surface area contributed by atoms with E-state index in [-0.39, 0.29) is 22.8 Å². The van der Waals surface area contributed by atoms with Crippen LogP contribution in [0.5, 0.6) is 17.2 Å². The van der Waals surface area contributed by atoms with Gasteiger partial charge in [0.1, 0.15) is 17.2 Å². The van der Waals surface area contributed by atoms with Crippen LogP contribution in [0, 0.1) is 17.0 Å². The van der Waals surface area contributed by atoms with Crippen LogP contribution in [0.15, 0.2) is 48.5 Å². The number of aryl methyl sites for hydroxylation is 2. The van der Waals surface area contributed by atoms with E-state index in [1.54, 1.807) is 49.2 Å². The summed E-state index contributed by atoms with van der Waals surface area (Å²) in [4.78, 5) is 23.1. The number of hydrogen-bond acceptors (Lipinski definition) is 6. The van der Waals surface area contributed by atoms with E-state index in [1.165, 1.54) is 18.2 Å². The van der Waals surface area contributed by atoms with Crippen molar-refractivity contribution in [2.24, 2.45) is 7.05 Å². The van der Waals surface area contributed by atoms with Crippen molar-refractivity contribution < 1.29 is 19.2 Å². The number of rotatable bonds is 6. The van der Waals surface area contributed by atoms with Crippen LogP contribution in [-0.2, 0) is 7.05 Å². The van der Waals surface area contributed by atoms with Gasteiger partial charge in [0, 0.05) is 24.9 Å². The maximum atomic E-state index is 12.4. The second kappa shape index (κ2) is 7.78. The van der Waals surface area contributed by atoms with Crippen molar-refractivity contribution in [1.82, 2.24) is 9.78 Å². The van der Waals surface area contributed by atoms with Crippen molar-refractivity contribution >= 4 is 17.3 Å². The van der Waals surface area contributed by atoms with Crippen molar-refractivity contribution in [1.29, 1.82) is 0 Å². The summed E-state index contributed by atoms with van der Waals surface area (Å²) in [6, 6.07) is 12.4. The topological polar surface area (TPSA) is 109 Å². The summed E-state index contributed by atoms with van der Waals surface area (Å²) < 4.78 is 12.3. The fourth-order valence-electron chi connectivity index (χ4n) is 2.47. The lowest BCUT2D eigenvalue weighted by Gasteiger charge is -2.09. The molecule has 0 radical (unpaired) electrons. The first-order valence-electron chi connectivity index (χ1n) is 8.29. The van der Waals surface area contributed by atoms with E-state index < -0.39 is 10.8 Å². The van der Waals surface area contributed by atoms with E-state index >= 15 is 0 Å². The Balaban J connectivity index is 1.86. The first-order chi connectivity index (χ1) is 13.4. The molecule has 1 N–H and O–H groups in total. The molecule has 0 fully saturated rings. The summed E-state index contributed by atoms with van der Waals surface area (Å²) in [5.74, 6) is 0.871. The van der Waals surface area contributed by atoms with Gasteiger partial charge in [0.2, 0.25) is 0 Å². The van der Waals surface area contributed by atoms with Gasteiger partial charge in [-0.3, -0.25) is 19.6 Å². The van der Waals surface area contributed by atoms with Crippen LogP contribution >= 0.6 is 0 Å². The number of aromatic nitrogens is 2. The Morgan fingerprint density at radius 1 is 1.11 bits per heavy atom. The number of anilines is 1. The molecule has 0 aliphatic rings. The SMILES string of the molecule is COc1ccc(Oc2cc(NC(=O)c3cc(C)n(C)n3)cc([N+](=O)[O-])c2)cc1. The standard InChI is InChI=1S/C19H18N4O5/c1-12-8-18(21-22(12)2)19(24)20-13-9-14(23(25)26)11-17(10-13)28-16-6-4-15(27-3)5-7-16/h4-11H,1-3H3,(H,20,24). The van der Waals surface area contributed by atoms with E-state index in [9.17, 15) is 14.9 Å². The zero-order valence-electron chi connectivity index (χ0n) is 15.5. The Bertz CT molecular complexity index is 1010.